The van der Waals surface area contributed by atoms with E-state index in [0.29, 0.717) is 0 Å². The van der Waals surface area contributed by atoms with Gasteiger partial charge in [0.05, 0.1) is 5.41 Å². The molecular formula is C8H18O5Si. The van der Waals surface area contributed by atoms with E-state index in [1.807, 2.05) is 0 Å². The van der Waals surface area contributed by atoms with Crippen LogP contribution < -0.4 is 0 Å². The molecule has 0 amide bonds. The Morgan fingerprint density at radius 1 is 1.21 bits per heavy atom. The molecule has 0 saturated carbocycles. The van der Waals surface area contributed by atoms with Crippen LogP contribution in [0.25, 0.3) is 0 Å². The van der Waals surface area contributed by atoms with Crippen molar-refractivity contribution in [3.05, 3.63) is 0 Å². The Kier molecular flexibility index (Phi) is 4.73. The van der Waals surface area contributed by atoms with Gasteiger partial charge >= 0.3 is 14.8 Å². The number of aliphatic carboxylic acids is 1. The van der Waals surface area contributed by atoms with Crippen LogP contribution in [-0.2, 0) is 18.1 Å². The molecule has 0 saturated heterocycles. The highest BCUT2D eigenvalue weighted by Crippen LogP contribution is 2.29. The molecule has 1 N–H and O–H groups in total. The molecule has 0 radical (unpaired) electrons. The van der Waals surface area contributed by atoms with Gasteiger partial charge in [-0.3, -0.25) is 4.79 Å². The van der Waals surface area contributed by atoms with Gasteiger partial charge in [-0.1, -0.05) is 0 Å². The average Bonchev–Trinajstić information content (AvgIpc) is 2.14. The second-order valence-electron chi connectivity index (χ2n) is 3.66. The molecule has 0 fully saturated rings. The molecule has 6 heteroatoms. The molecule has 0 aliphatic heterocycles. The van der Waals surface area contributed by atoms with E-state index in [2.05, 4.69) is 0 Å². The fourth-order valence-electron chi connectivity index (χ4n) is 1.08. The average molecular weight is 222 g/mol. The summed E-state index contributed by atoms with van der Waals surface area (Å²) in [6, 6.07) is 0.249. The Labute approximate surface area is 85.3 Å². The van der Waals surface area contributed by atoms with Crippen molar-refractivity contribution in [2.24, 2.45) is 5.41 Å². The lowest BCUT2D eigenvalue weighted by Crippen LogP contribution is -2.48. The summed E-state index contributed by atoms with van der Waals surface area (Å²) in [5.41, 5.74) is -0.908. The lowest BCUT2D eigenvalue weighted by atomic mass is 9.97. The van der Waals surface area contributed by atoms with Crippen LogP contribution in [0.15, 0.2) is 0 Å². The van der Waals surface area contributed by atoms with Gasteiger partial charge in [-0.25, -0.2) is 0 Å². The van der Waals surface area contributed by atoms with Crippen LogP contribution in [0, 0.1) is 5.41 Å². The second kappa shape index (κ2) is 4.88. The minimum atomic E-state index is -2.80. The van der Waals surface area contributed by atoms with Gasteiger partial charge < -0.3 is 18.4 Å². The molecule has 0 aliphatic carbocycles. The van der Waals surface area contributed by atoms with Crippen molar-refractivity contribution in [2.75, 3.05) is 21.3 Å². The summed E-state index contributed by atoms with van der Waals surface area (Å²) in [7, 11) is 1.61. The minimum absolute atomic E-state index is 0.249. The van der Waals surface area contributed by atoms with Gasteiger partial charge in [0.2, 0.25) is 0 Å². The van der Waals surface area contributed by atoms with E-state index in [1.54, 1.807) is 13.8 Å². The van der Waals surface area contributed by atoms with E-state index < -0.39 is 20.2 Å². The third kappa shape index (κ3) is 3.05. The molecule has 5 nitrogen and oxygen atoms in total. The number of rotatable bonds is 6. The smallest absolute Gasteiger partial charge is 0.481 e. The first kappa shape index (κ1) is 13.6. The number of hydrogen-bond acceptors (Lipinski definition) is 4. The summed E-state index contributed by atoms with van der Waals surface area (Å²) in [4.78, 5) is 10.9. The summed E-state index contributed by atoms with van der Waals surface area (Å²) in [5, 5.41) is 8.95. The highest BCUT2D eigenvalue weighted by atomic mass is 28.4. The summed E-state index contributed by atoms with van der Waals surface area (Å²) in [5.74, 6) is -0.888. The van der Waals surface area contributed by atoms with Crippen molar-refractivity contribution in [3.63, 3.8) is 0 Å². The topological polar surface area (TPSA) is 65.0 Å². The van der Waals surface area contributed by atoms with Crippen molar-refractivity contribution in [3.8, 4) is 0 Å². The summed E-state index contributed by atoms with van der Waals surface area (Å²) >= 11 is 0. The molecule has 0 atom stereocenters. The van der Waals surface area contributed by atoms with Crippen molar-refractivity contribution in [2.45, 2.75) is 19.9 Å². The van der Waals surface area contributed by atoms with Gasteiger partial charge in [0.25, 0.3) is 0 Å². The molecule has 14 heavy (non-hydrogen) atoms. The van der Waals surface area contributed by atoms with Crippen LogP contribution in [0.5, 0.6) is 0 Å². The molecule has 0 aliphatic rings. The third-order valence-corrected chi connectivity index (χ3v) is 5.35. The predicted octanol–water partition coefficient (Wildman–Crippen LogP) is 0.975. The van der Waals surface area contributed by atoms with Gasteiger partial charge in [0.1, 0.15) is 0 Å². The Bertz CT molecular complexity index is 192. The number of carboxylic acid groups (broad SMARTS) is 1. The normalized spacial score (nSPS) is 12.9. The number of hydrogen-bond donors (Lipinski definition) is 1. The largest absolute Gasteiger partial charge is 0.501 e. The summed E-state index contributed by atoms with van der Waals surface area (Å²) in [6.45, 7) is 3.24. The lowest BCUT2D eigenvalue weighted by Gasteiger charge is -2.30. The van der Waals surface area contributed by atoms with E-state index >= 15 is 0 Å². The zero-order valence-corrected chi connectivity index (χ0v) is 10.3. The Morgan fingerprint density at radius 3 is 1.79 bits per heavy atom. The summed E-state index contributed by atoms with van der Waals surface area (Å²) < 4.78 is 15.5. The van der Waals surface area contributed by atoms with E-state index in [0.717, 1.165) is 0 Å². The SMILES string of the molecule is CO[Si](CC(C)(C)C(=O)O)(OC)OC. The molecule has 0 aromatic carbocycles. The maximum atomic E-state index is 10.9. The molecule has 0 rings (SSSR count). The molecular weight excluding hydrogens is 204 g/mol. The van der Waals surface area contributed by atoms with E-state index in [4.69, 9.17) is 18.4 Å². The summed E-state index contributed by atoms with van der Waals surface area (Å²) in [6.07, 6.45) is 0. The van der Waals surface area contributed by atoms with E-state index in [9.17, 15) is 4.79 Å². The van der Waals surface area contributed by atoms with Gasteiger partial charge in [0.15, 0.2) is 0 Å². The first-order chi connectivity index (χ1) is 6.33. The van der Waals surface area contributed by atoms with Gasteiger partial charge in [-0.2, -0.15) is 0 Å². The van der Waals surface area contributed by atoms with Crippen LogP contribution in [0.1, 0.15) is 13.8 Å². The Hall–Kier alpha value is -0.433. The van der Waals surface area contributed by atoms with Crippen molar-refractivity contribution < 1.29 is 23.2 Å². The quantitative estimate of drug-likeness (QED) is 0.678. The van der Waals surface area contributed by atoms with Crippen molar-refractivity contribution in [1.29, 1.82) is 0 Å². The predicted molar refractivity (Wildman–Crippen MR) is 53.0 cm³/mol. The zero-order chi connectivity index (χ0) is 11.4. The molecule has 0 spiro atoms. The monoisotopic (exact) mass is 222 g/mol. The van der Waals surface area contributed by atoms with Gasteiger partial charge in [0, 0.05) is 27.4 Å². The maximum absolute atomic E-state index is 10.9. The van der Waals surface area contributed by atoms with Crippen LogP contribution >= 0.6 is 0 Å². The molecule has 0 unspecified atom stereocenters. The molecule has 84 valence electrons. The van der Waals surface area contributed by atoms with Crippen LogP contribution in [-0.4, -0.2) is 41.2 Å². The van der Waals surface area contributed by atoms with Crippen molar-refractivity contribution >= 4 is 14.8 Å². The van der Waals surface area contributed by atoms with E-state index in [1.165, 1.54) is 21.3 Å². The third-order valence-electron chi connectivity index (χ3n) is 2.17. The number of carboxylic acids is 1. The molecule has 0 bridgehead atoms. The lowest BCUT2D eigenvalue weighted by molar-refractivity contribution is -0.146. The maximum Gasteiger partial charge on any atom is 0.501 e. The van der Waals surface area contributed by atoms with Gasteiger partial charge in [-0.05, 0) is 13.8 Å². The first-order valence-corrected chi connectivity index (χ1v) is 6.15. The Balaban J connectivity index is 4.67. The Morgan fingerprint density at radius 2 is 1.57 bits per heavy atom. The van der Waals surface area contributed by atoms with Crippen LogP contribution in [0.2, 0.25) is 6.04 Å². The van der Waals surface area contributed by atoms with Crippen molar-refractivity contribution in [1.82, 2.24) is 0 Å². The second-order valence-corrected chi connectivity index (χ2v) is 6.61. The van der Waals surface area contributed by atoms with Crippen LogP contribution in [0.4, 0.5) is 0 Å². The molecule has 0 aromatic rings. The first-order valence-electron chi connectivity index (χ1n) is 4.22. The minimum Gasteiger partial charge on any atom is -0.481 e. The fourth-order valence-corrected chi connectivity index (χ4v) is 3.25. The molecule has 0 heterocycles. The van der Waals surface area contributed by atoms with E-state index in [-0.39, 0.29) is 6.04 Å². The van der Waals surface area contributed by atoms with Gasteiger partial charge in [-0.15, -0.1) is 0 Å². The fraction of sp³-hybridized carbons (Fsp3) is 0.875. The zero-order valence-electron chi connectivity index (χ0n) is 9.29. The highest BCUT2D eigenvalue weighted by Gasteiger charge is 2.46. The number of carbonyl (C=O) groups is 1. The highest BCUT2D eigenvalue weighted by molar-refractivity contribution is 6.61. The van der Waals surface area contributed by atoms with Crippen LogP contribution in [0.3, 0.4) is 0 Å². The standard InChI is InChI=1S/C8H18O5Si/c1-8(2,7(9)10)6-14(11-3,12-4)13-5/h6H2,1-5H3,(H,9,10). The molecule has 0 aromatic heterocycles.